The molecule has 0 aliphatic heterocycles. The molecule has 0 N–H and O–H groups in total. The van der Waals surface area contributed by atoms with Crippen LogP contribution in [0, 0.1) is 0 Å². The van der Waals surface area contributed by atoms with E-state index in [4.69, 9.17) is 4.42 Å². The van der Waals surface area contributed by atoms with Crippen LogP contribution in [0.25, 0.3) is 22.6 Å². The number of hydrogen-bond acceptors (Lipinski definition) is 1. The molecule has 1 aliphatic rings. The molecule has 1 heteroatoms. The molecule has 2 aromatic carbocycles. The topological polar surface area (TPSA) is 13.1 Å². The van der Waals surface area contributed by atoms with Gasteiger partial charge in [-0.2, -0.15) is 0 Å². The van der Waals surface area contributed by atoms with Crippen molar-refractivity contribution in [1.29, 1.82) is 0 Å². The van der Waals surface area contributed by atoms with Crippen LogP contribution in [0.2, 0.25) is 0 Å². The lowest BCUT2D eigenvalue weighted by Gasteiger charge is -2.16. The van der Waals surface area contributed by atoms with E-state index in [0.29, 0.717) is 0 Å². The second-order valence-corrected chi connectivity index (χ2v) is 6.36. The first-order chi connectivity index (χ1) is 11.2. The summed E-state index contributed by atoms with van der Waals surface area (Å²) < 4.78 is 6.41. The maximum absolute atomic E-state index is 6.41. The molecule has 0 saturated carbocycles. The minimum atomic E-state index is 0.988. The molecule has 0 saturated heterocycles. The van der Waals surface area contributed by atoms with Gasteiger partial charge in [-0.05, 0) is 26.7 Å². The summed E-state index contributed by atoms with van der Waals surface area (Å²) in [6.45, 7) is 4.48. The van der Waals surface area contributed by atoms with Crippen LogP contribution in [0.4, 0.5) is 0 Å². The van der Waals surface area contributed by atoms with Crippen LogP contribution in [-0.2, 0) is 12.8 Å². The van der Waals surface area contributed by atoms with E-state index in [0.717, 1.165) is 24.4 Å². The zero-order valence-electron chi connectivity index (χ0n) is 13.6. The summed E-state index contributed by atoms with van der Waals surface area (Å²) in [5.41, 5.74) is 7.98. The van der Waals surface area contributed by atoms with Gasteiger partial charge in [0.1, 0.15) is 11.5 Å². The van der Waals surface area contributed by atoms with E-state index < -0.39 is 0 Å². The third kappa shape index (κ3) is 2.43. The first kappa shape index (κ1) is 14.1. The minimum Gasteiger partial charge on any atom is -0.455 e. The van der Waals surface area contributed by atoms with Crippen LogP contribution >= 0.6 is 0 Å². The molecule has 4 rings (SSSR count). The summed E-state index contributed by atoms with van der Waals surface area (Å²) in [4.78, 5) is 0. The third-order valence-electron chi connectivity index (χ3n) is 4.80. The van der Waals surface area contributed by atoms with Crippen LogP contribution in [-0.4, -0.2) is 0 Å². The monoisotopic (exact) mass is 300 g/mol. The summed E-state index contributed by atoms with van der Waals surface area (Å²) in [6, 6.07) is 20.9. The van der Waals surface area contributed by atoms with Gasteiger partial charge in [-0.3, -0.25) is 0 Å². The second kappa shape index (κ2) is 5.58. The fourth-order valence-corrected chi connectivity index (χ4v) is 3.35. The molecule has 0 amide bonds. The van der Waals surface area contributed by atoms with E-state index in [1.807, 2.05) is 12.1 Å². The lowest BCUT2D eigenvalue weighted by molar-refractivity contribution is 0.593. The summed E-state index contributed by atoms with van der Waals surface area (Å²) >= 11 is 0. The number of allylic oxidation sites excluding steroid dienone is 2. The highest BCUT2D eigenvalue weighted by Gasteiger charge is 2.25. The average molecular weight is 300 g/mol. The smallest absolute Gasteiger partial charge is 0.138 e. The van der Waals surface area contributed by atoms with Crippen LogP contribution in [0.1, 0.15) is 25.0 Å². The number of hydrogen-bond donors (Lipinski definition) is 0. The summed E-state index contributed by atoms with van der Waals surface area (Å²) in [6.07, 6.45) is 1.98. The Kier molecular flexibility index (Phi) is 3.42. The van der Waals surface area contributed by atoms with E-state index in [1.165, 1.54) is 33.4 Å². The molecular formula is C22H20O. The maximum Gasteiger partial charge on any atom is 0.138 e. The van der Waals surface area contributed by atoms with Gasteiger partial charge < -0.3 is 4.42 Å². The Morgan fingerprint density at radius 2 is 1.00 bits per heavy atom. The normalized spacial score (nSPS) is 14.0. The molecule has 0 spiro atoms. The third-order valence-corrected chi connectivity index (χ3v) is 4.80. The van der Waals surface area contributed by atoms with Crippen molar-refractivity contribution in [3.8, 4) is 22.6 Å². The van der Waals surface area contributed by atoms with Crippen LogP contribution in [0.3, 0.4) is 0 Å². The Balaban J connectivity index is 1.94. The van der Waals surface area contributed by atoms with Crippen molar-refractivity contribution in [3.05, 3.63) is 82.9 Å². The molecule has 0 fully saturated rings. The number of fused-ring (bicyclic) bond motifs is 1. The Morgan fingerprint density at radius 1 is 0.609 bits per heavy atom. The van der Waals surface area contributed by atoms with E-state index in [9.17, 15) is 0 Å². The fourth-order valence-electron chi connectivity index (χ4n) is 3.35. The van der Waals surface area contributed by atoms with E-state index >= 15 is 0 Å². The van der Waals surface area contributed by atoms with Crippen molar-refractivity contribution in [3.63, 3.8) is 0 Å². The molecule has 0 bridgehead atoms. The lowest BCUT2D eigenvalue weighted by atomic mass is 9.86. The van der Waals surface area contributed by atoms with Crippen LogP contribution in [0.15, 0.2) is 76.2 Å². The maximum atomic E-state index is 6.41. The van der Waals surface area contributed by atoms with Gasteiger partial charge in [0.25, 0.3) is 0 Å². The van der Waals surface area contributed by atoms with Gasteiger partial charge in [0.2, 0.25) is 0 Å². The molecule has 0 unspecified atom stereocenters. The molecule has 0 atom stereocenters. The van der Waals surface area contributed by atoms with Crippen LogP contribution in [0.5, 0.6) is 0 Å². The van der Waals surface area contributed by atoms with Crippen molar-refractivity contribution in [2.75, 3.05) is 0 Å². The Hall–Kier alpha value is -2.54. The molecule has 1 heterocycles. The molecular weight excluding hydrogens is 280 g/mol. The van der Waals surface area contributed by atoms with Gasteiger partial charge in [0.15, 0.2) is 0 Å². The Morgan fingerprint density at radius 3 is 1.39 bits per heavy atom. The summed E-state index contributed by atoms with van der Waals surface area (Å²) in [5.74, 6) is 2.07. The van der Waals surface area contributed by atoms with Crippen molar-refractivity contribution in [2.45, 2.75) is 26.7 Å². The predicted molar refractivity (Wildman–Crippen MR) is 95.4 cm³/mol. The average Bonchev–Trinajstić information content (AvgIpc) is 2.95. The molecule has 1 aromatic heterocycles. The van der Waals surface area contributed by atoms with Gasteiger partial charge in [-0.25, -0.2) is 0 Å². The Bertz CT molecular complexity index is 795. The molecule has 0 radical (unpaired) electrons. The largest absolute Gasteiger partial charge is 0.455 e. The quantitative estimate of drug-likeness (QED) is 0.525. The van der Waals surface area contributed by atoms with Gasteiger partial charge in [0.05, 0.1) is 0 Å². The SMILES string of the molecule is CC1=C(C)Cc2c(-c3ccccc3)oc(-c3ccccc3)c2C1. The molecule has 114 valence electrons. The number of furan rings is 1. The molecule has 3 aromatic rings. The van der Waals surface area contributed by atoms with E-state index in [2.05, 4.69) is 62.4 Å². The minimum absolute atomic E-state index is 0.988. The van der Waals surface area contributed by atoms with Crippen molar-refractivity contribution in [1.82, 2.24) is 0 Å². The zero-order chi connectivity index (χ0) is 15.8. The van der Waals surface area contributed by atoms with Gasteiger partial charge in [-0.1, -0.05) is 71.8 Å². The van der Waals surface area contributed by atoms with E-state index in [-0.39, 0.29) is 0 Å². The summed E-state index contributed by atoms with van der Waals surface area (Å²) in [5, 5.41) is 0. The molecule has 1 aliphatic carbocycles. The lowest BCUT2D eigenvalue weighted by Crippen LogP contribution is -2.05. The van der Waals surface area contributed by atoms with Gasteiger partial charge in [-0.15, -0.1) is 0 Å². The predicted octanol–water partition coefficient (Wildman–Crippen LogP) is 6.05. The highest BCUT2D eigenvalue weighted by atomic mass is 16.3. The van der Waals surface area contributed by atoms with Crippen LogP contribution < -0.4 is 0 Å². The molecule has 1 nitrogen and oxygen atoms in total. The summed E-state index contributed by atoms with van der Waals surface area (Å²) in [7, 11) is 0. The second-order valence-electron chi connectivity index (χ2n) is 6.36. The highest BCUT2D eigenvalue weighted by molar-refractivity contribution is 5.74. The van der Waals surface area contributed by atoms with Gasteiger partial charge >= 0.3 is 0 Å². The first-order valence-electron chi connectivity index (χ1n) is 8.14. The number of benzene rings is 2. The fraction of sp³-hybridized carbons (Fsp3) is 0.182. The Labute approximate surface area is 137 Å². The standard InChI is InChI=1S/C22H20O/c1-15-13-19-20(14-16(15)2)22(18-11-7-4-8-12-18)23-21(19)17-9-5-3-6-10-17/h3-12H,13-14H2,1-2H3. The van der Waals surface area contributed by atoms with E-state index in [1.54, 1.807) is 0 Å². The molecule has 23 heavy (non-hydrogen) atoms. The van der Waals surface area contributed by atoms with Crippen molar-refractivity contribution < 1.29 is 4.42 Å². The van der Waals surface area contributed by atoms with Crippen molar-refractivity contribution >= 4 is 0 Å². The highest BCUT2D eigenvalue weighted by Crippen LogP contribution is 2.42. The zero-order valence-corrected chi connectivity index (χ0v) is 13.6. The number of rotatable bonds is 2. The first-order valence-corrected chi connectivity index (χ1v) is 8.14. The van der Waals surface area contributed by atoms with Crippen molar-refractivity contribution in [2.24, 2.45) is 0 Å². The van der Waals surface area contributed by atoms with Gasteiger partial charge in [0, 0.05) is 22.3 Å².